The van der Waals surface area contributed by atoms with Crippen molar-refractivity contribution in [3.63, 3.8) is 0 Å². The molecule has 0 spiro atoms. The Balaban J connectivity index is 0.842. The Bertz CT molecular complexity index is 4040. The molecule has 3 saturated heterocycles. The number of aromatic nitrogens is 4. The summed E-state index contributed by atoms with van der Waals surface area (Å²) in [7, 11) is 1.86. The molecule has 4 N–H and O–H groups in total. The van der Waals surface area contributed by atoms with Crippen molar-refractivity contribution in [3.05, 3.63) is 109 Å². The second-order valence-corrected chi connectivity index (χ2v) is 24.6. The maximum absolute atomic E-state index is 17.7. The highest BCUT2D eigenvalue weighted by atomic mass is 35.5. The number of aliphatic hydroxyl groups is 1. The zero-order valence-electron chi connectivity index (χ0n) is 46.9. The number of nitrogen functional groups attached to an aromatic ring is 1. The van der Waals surface area contributed by atoms with Gasteiger partial charge in [0.25, 0.3) is 11.5 Å². The smallest absolute Gasteiger partial charge is 0.343 e. The van der Waals surface area contributed by atoms with Gasteiger partial charge < -0.3 is 44.7 Å². The summed E-state index contributed by atoms with van der Waals surface area (Å²) >= 11 is 7.95. The third-order valence-corrected chi connectivity index (χ3v) is 19.1. The van der Waals surface area contributed by atoms with Gasteiger partial charge in [0.1, 0.15) is 60.0 Å². The Hall–Kier alpha value is -7.35. The second-order valence-electron chi connectivity index (χ2n) is 23.1. The zero-order chi connectivity index (χ0) is 58.6. The van der Waals surface area contributed by atoms with Gasteiger partial charge in [-0.25, -0.2) is 22.9 Å². The number of fused-ring (bicyclic) bond motifs is 8. The van der Waals surface area contributed by atoms with Gasteiger partial charge in [-0.15, -0.1) is 11.3 Å². The number of thiophene rings is 1. The number of carbonyl (C=O) groups is 2. The number of nitrogens with two attached hydrogens (primary N) is 1. The molecule has 432 valence electrons. The fourth-order valence-corrected chi connectivity index (χ4v) is 14.2. The van der Waals surface area contributed by atoms with Crippen LogP contribution in [0.3, 0.4) is 0 Å². The van der Waals surface area contributed by atoms with Crippen molar-refractivity contribution in [2.45, 2.75) is 115 Å². The maximum atomic E-state index is 17.7. The molecule has 5 aliphatic heterocycles. The normalized spacial score (nSPS) is 21.6. The summed E-state index contributed by atoms with van der Waals surface area (Å²) in [5, 5.41) is 26.1. The largest absolute Gasteiger partial charge is 0.489 e. The van der Waals surface area contributed by atoms with Crippen molar-refractivity contribution in [2.24, 2.45) is 0 Å². The Morgan fingerprint density at radius 3 is 2.63 bits per heavy atom. The fourth-order valence-electron chi connectivity index (χ4n) is 13.0. The van der Waals surface area contributed by atoms with E-state index in [4.69, 9.17) is 41.5 Å². The Morgan fingerprint density at radius 2 is 1.88 bits per heavy atom. The molecule has 4 aromatic heterocycles. The highest BCUT2D eigenvalue weighted by Crippen LogP contribution is 2.47. The first-order chi connectivity index (χ1) is 39.7. The number of benzene rings is 3. The standard InChI is InChI=1S/C61H62ClF3N10O7S/c1-7-35-37-20-34(10-13-45(37)69-50-40(35)27-75-46(50)22-42-41(56(75)77)29-81-57(78)61(42,79)8-2)80-28-32(14-16-59(4,5)68-6)55(76)72-18-19-74(31(3)25-72)54-38-21-43(62)48(36-11-12-44(64)52-47(36)39(24-66)53(67)83-52)49(65)51(38)70-58(71-54)82-30-60-15-9-17-73(60)26-33(63)23-60/h10-14,20-22,31,33,68,79H,7-9,15-19,23,25-30,67H2,1-6H3/b32-14+/t31-,33+,60-,61-/m0/s1. The summed E-state index contributed by atoms with van der Waals surface area (Å²) in [4.78, 5) is 62.2. The minimum absolute atomic E-state index is 0.000401. The number of hydrogen-bond acceptors (Lipinski definition) is 16. The molecule has 17 nitrogen and oxygen atoms in total. The number of piperazine rings is 1. The molecule has 3 fully saturated rings. The van der Waals surface area contributed by atoms with Crippen LogP contribution in [0.4, 0.5) is 24.0 Å². The number of esters is 1. The number of ether oxygens (including phenoxy) is 3. The molecule has 4 atom stereocenters. The Morgan fingerprint density at radius 1 is 1.07 bits per heavy atom. The van der Waals surface area contributed by atoms with Gasteiger partial charge in [-0.3, -0.25) is 14.5 Å². The number of alkyl halides is 1. The van der Waals surface area contributed by atoms with Crippen LogP contribution >= 0.6 is 22.9 Å². The van der Waals surface area contributed by atoms with E-state index in [1.54, 1.807) is 34.6 Å². The number of anilines is 2. The van der Waals surface area contributed by atoms with E-state index in [1.165, 1.54) is 12.1 Å². The number of hydrogen-bond donors (Lipinski definition) is 3. The number of rotatable bonds is 14. The Labute approximate surface area is 485 Å². The topological polar surface area (TPSA) is 214 Å². The van der Waals surface area contributed by atoms with Crippen molar-refractivity contribution in [1.29, 1.82) is 5.26 Å². The summed E-state index contributed by atoms with van der Waals surface area (Å²) in [6.07, 6.45) is 3.88. The number of aryl methyl sites for hydroxylation is 1. The molecule has 5 aliphatic rings. The van der Waals surface area contributed by atoms with Gasteiger partial charge in [-0.05, 0) is 114 Å². The third kappa shape index (κ3) is 9.32. The van der Waals surface area contributed by atoms with Crippen molar-refractivity contribution < 1.29 is 42.1 Å². The van der Waals surface area contributed by atoms with Gasteiger partial charge in [-0.1, -0.05) is 37.6 Å². The molecular weight excluding hydrogens is 1110 g/mol. The molecule has 9 heterocycles. The minimum Gasteiger partial charge on any atom is -0.489 e. The van der Waals surface area contributed by atoms with Crippen molar-refractivity contribution in [2.75, 3.05) is 63.6 Å². The lowest BCUT2D eigenvalue weighted by atomic mass is 9.86. The van der Waals surface area contributed by atoms with Crippen LogP contribution in [0.5, 0.6) is 11.8 Å². The predicted molar refractivity (Wildman–Crippen MR) is 312 cm³/mol. The van der Waals surface area contributed by atoms with Crippen LogP contribution in [0.15, 0.2) is 58.9 Å². The minimum atomic E-state index is -1.95. The first-order valence-corrected chi connectivity index (χ1v) is 29.2. The molecule has 3 aromatic carbocycles. The van der Waals surface area contributed by atoms with E-state index in [1.807, 2.05) is 63.9 Å². The van der Waals surface area contributed by atoms with Gasteiger partial charge in [0.15, 0.2) is 11.4 Å². The summed E-state index contributed by atoms with van der Waals surface area (Å²) in [5.74, 6) is -1.70. The lowest BCUT2D eigenvalue weighted by molar-refractivity contribution is -0.172. The lowest BCUT2D eigenvalue weighted by Crippen LogP contribution is -2.54. The summed E-state index contributed by atoms with van der Waals surface area (Å²) < 4.78 is 67.8. The van der Waals surface area contributed by atoms with E-state index in [9.17, 15) is 29.1 Å². The SMILES string of the molecule is CCc1c2c(nc3ccc(OC/C(=C\CC(C)(C)NC)C(=O)N4CCN(c5nc(OC[C@@]67CCCN6C[C@H](F)C7)nc6c(F)c(-c7ccc(F)c8sc(N)c(C#N)c78)c(Cl)cc56)[C@@H](C)C4)cc13)-c1cc3c(c(=O)n1C2)COC(=O)[C@]3(O)CC. The highest BCUT2D eigenvalue weighted by molar-refractivity contribution is 7.23. The zero-order valence-corrected chi connectivity index (χ0v) is 48.4. The highest BCUT2D eigenvalue weighted by Gasteiger charge is 2.50. The number of nitrogens with zero attached hydrogens (tertiary/aromatic N) is 8. The maximum Gasteiger partial charge on any atom is 0.343 e. The van der Waals surface area contributed by atoms with Crippen molar-refractivity contribution in [1.82, 2.24) is 34.6 Å². The van der Waals surface area contributed by atoms with Crippen molar-refractivity contribution >= 4 is 77.5 Å². The average molecular weight is 1170 g/mol. The van der Waals surface area contributed by atoms with E-state index in [0.29, 0.717) is 59.9 Å². The van der Waals surface area contributed by atoms with Gasteiger partial charge in [0.2, 0.25) is 0 Å². The average Bonchev–Trinajstić information content (AvgIpc) is 1.98. The number of nitrogens with one attached hydrogen (secondary N) is 1. The van der Waals surface area contributed by atoms with Gasteiger partial charge in [-0.2, -0.15) is 15.2 Å². The van der Waals surface area contributed by atoms with E-state index in [-0.39, 0.29) is 141 Å². The number of pyridine rings is 2. The van der Waals surface area contributed by atoms with E-state index < -0.39 is 41.0 Å². The summed E-state index contributed by atoms with van der Waals surface area (Å²) in [6, 6.07) is 12.8. The number of cyclic esters (lactones) is 1. The number of halogens is 4. The number of carbonyl (C=O) groups excluding carboxylic acids is 2. The quantitative estimate of drug-likeness (QED) is 0.0684. The van der Waals surface area contributed by atoms with E-state index >= 15 is 8.78 Å². The molecule has 12 rings (SSSR count). The molecule has 22 heteroatoms. The van der Waals surface area contributed by atoms with Crippen molar-refractivity contribution in [3.8, 4) is 40.3 Å². The number of nitriles is 1. The molecule has 0 saturated carbocycles. The van der Waals surface area contributed by atoms with Gasteiger partial charge in [0.05, 0.1) is 55.4 Å². The molecule has 0 bridgehead atoms. The van der Waals surface area contributed by atoms with E-state index in [2.05, 4.69) is 15.2 Å². The first kappa shape index (κ1) is 56.1. The molecule has 0 radical (unpaired) electrons. The second kappa shape index (κ2) is 21.1. The monoisotopic (exact) mass is 1170 g/mol. The third-order valence-electron chi connectivity index (χ3n) is 17.8. The van der Waals surface area contributed by atoms with Crippen LogP contribution < -0.4 is 31.0 Å². The fraction of sp³-hybridized carbons (Fsp3) is 0.426. The lowest BCUT2D eigenvalue weighted by Gasteiger charge is -2.41. The molecular formula is C61H62ClF3N10O7S. The number of amides is 1. The molecule has 7 aromatic rings. The van der Waals surface area contributed by atoms with E-state index in [0.717, 1.165) is 40.8 Å². The summed E-state index contributed by atoms with van der Waals surface area (Å²) in [6.45, 7) is 11.5. The van der Waals surface area contributed by atoms with Gasteiger partial charge in [0, 0.05) is 77.0 Å². The van der Waals surface area contributed by atoms with Gasteiger partial charge >= 0.3 is 12.0 Å². The molecule has 1 amide bonds. The molecule has 0 unspecified atom stereocenters. The van der Waals surface area contributed by atoms with Crippen LogP contribution in [0.2, 0.25) is 5.02 Å². The Kier molecular flexibility index (Phi) is 14.2. The first-order valence-electron chi connectivity index (χ1n) is 28.0. The van der Waals surface area contributed by atoms with Crippen LogP contribution in [0.1, 0.15) is 94.5 Å². The predicted octanol–water partition coefficient (Wildman–Crippen LogP) is 9.24. The van der Waals surface area contributed by atoms with Crippen LogP contribution in [-0.2, 0) is 39.5 Å². The van der Waals surface area contributed by atoms with Crippen LogP contribution in [0.25, 0.3) is 54.4 Å². The van der Waals surface area contributed by atoms with Crippen LogP contribution in [-0.4, -0.2) is 123 Å². The molecule has 0 aliphatic carbocycles. The van der Waals surface area contributed by atoms with Crippen LogP contribution in [0, 0.1) is 23.0 Å². The molecule has 83 heavy (non-hydrogen) atoms. The summed E-state index contributed by atoms with van der Waals surface area (Å²) in [5.41, 5.74) is 7.36.